The molecular weight excluding hydrogens is 362 g/mol. The maximum Gasteiger partial charge on any atom is 0.232 e. The Balaban J connectivity index is 1.64. The molecule has 27 heavy (non-hydrogen) atoms. The number of benzene rings is 1. The minimum atomic E-state index is -0.260. The van der Waals surface area contributed by atoms with Gasteiger partial charge in [0.1, 0.15) is 23.2 Å². The van der Waals surface area contributed by atoms with E-state index in [0.717, 1.165) is 28.8 Å². The molecule has 2 atom stereocenters. The first-order chi connectivity index (χ1) is 13.2. The van der Waals surface area contributed by atoms with Gasteiger partial charge in [-0.25, -0.2) is 0 Å². The Labute approximate surface area is 162 Å². The molecule has 1 unspecified atom stereocenters. The number of nitrogens with zero attached hydrogens (tertiary/aromatic N) is 2. The molecule has 6 nitrogen and oxygen atoms in total. The third-order valence-electron chi connectivity index (χ3n) is 4.94. The molecule has 1 amide bonds. The number of fused-ring (bicyclic) bond motifs is 1. The van der Waals surface area contributed by atoms with Crippen LogP contribution in [-0.2, 0) is 11.3 Å². The van der Waals surface area contributed by atoms with Crippen LogP contribution in [0.25, 0.3) is 0 Å². The summed E-state index contributed by atoms with van der Waals surface area (Å²) in [4.78, 5) is 15.9. The van der Waals surface area contributed by atoms with Gasteiger partial charge in [-0.3, -0.25) is 9.69 Å². The quantitative estimate of drug-likeness (QED) is 0.877. The molecule has 138 valence electrons. The molecule has 2 aromatic rings. The van der Waals surface area contributed by atoms with E-state index in [2.05, 4.69) is 6.07 Å². The number of rotatable bonds is 4. The van der Waals surface area contributed by atoms with Gasteiger partial charge in [-0.15, -0.1) is 0 Å². The maximum atomic E-state index is 12.9. The normalized spacial score (nSPS) is 22.4. The van der Waals surface area contributed by atoms with Crippen LogP contribution >= 0.6 is 11.8 Å². The van der Waals surface area contributed by atoms with Gasteiger partial charge in [-0.2, -0.15) is 5.26 Å². The number of amides is 1. The lowest BCUT2D eigenvalue weighted by molar-refractivity contribution is -0.911. The van der Waals surface area contributed by atoms with Crippen molar-refractivity contribution in [1.29, 1.82) is 5.26 Å². The molecule has 2 aliphatic heterocycles. The highest BCUT2D eigenvalue weighted by molar-refractivity contribution is 8.02. The van der Waals surface area contributed by atoms with E-state index in [1.165, 1.54) is 4.90 Å². The summed E-state index contributed by atoms with van der Waals surface area (Å²) in [5.74, 6) is 2.18. The van der Waals surface area contributed by atoms with Crippen molar-refractivity contribution in [2.24, 2.45) is 0 Å². The van der Waals surface area contributed by atoms with E-state index in [0.29, 0.717) is 18.0 Å². The molecule has 0 radical (unpaired) electrons. The molecule has 1 saturated heterocycles. The summed E-state index contributed by atoms with van der Waals surface area (Å²) < 4.78 is 10.9. The second kappa shape index (κ2) is 7.51. The Morgan fingerprint density at radius 3 is 2.96 bits per heavy atom. The van der Waals surface area contributed by atoms with Crippen LogP contribution in [0.15, 0.2) is 57.7 Å². The minimum absolute atomic E-state index is 0.0454. The number of carbonyl (C=O) groups is 1. The number of hydrogen-bond donors (Lipinski definition) is 1. The van der Waals surface area contributed by atoms with Crippen LogP contribution < -0.4 is 9.64 Å². The van der Waals surface area contributed by atoms with Crippen molar-refractivity contribution in [3.63, 3.8) is 0 Å². The lowest BCUT2D eigenvalue weighted by Crippen LogP contribution is -3.12. The van der Waals surface area contributed by atoms with Gasteiger partial charge in [0, 0.05) is 17.9 Å². The van der Waals surface area contributed by atoms with Gasteiger partial charge in [0.2, 0.25) is 5.91 Å². The first-order valence-corrected chi connectivity index (χ1v) is 9.76. The predicted octanol–water partition coefficient (Wildman–Crippen LogP) is 2.09. The summed E-state index contributed by atoms with van der Waals surface area (Å²) in [6.07, 6.45) is 1.94. The second-order valence-corrected chi connectivity index (χ2v) is 7.57. The van der Waals surface area contributed by atoms with E-state index in [9.17, 15) is 10.1 Å². The first kappa shape index (κ1) is 17.7. The van der Waals surface area contributed by atoms with Crippen molar-refractivity contribution in [3.05, 3.63) is 64.6 Å². The zero-order chi connectivity index (χ0) is 18.8. The van der Waals surface area contributed by atoms with Crippen LogP contribution in [0.3, 0.4) is 0 Å². The fourth-order valence-corrected chi connectivity index (χ4v) is 4.86. The Bertz CT molecular complexity index is 917. The number of quaternary nitrogens is 1. The SMILES string of the molecule is COc1ccccc1[C@H]1CC(=O)N2C[NH+](Cc3ccco3)CSC2=C1C#N. The summed E-state index contributed by atoms with van der Waals surface area (Å²) in [5, 5.41) is 10.6. The number of para-hydroxylation sites is 1. The summed E-state index contributed by atoms with van der Waals surface area (Å²) in [6.45, 7) is 1.26. The van der Waals surface area contributed by atoms with Crippen molar-refractivity contribution in [1.82, 2.24) is 4.90 Å². The van der Waals surface area contributed by atoms with Crippen molar-refractivity contribution >= 4 is 17.7 Å². The Morgan fingerprint density at radius 1 is 1.37 bits per heavy atom. The smallest absolute Gasteiger partial charge is 0.232 e. The van der Waals surface area contributed by atoms with Crippen molar-refractivity contribution < 1.29 is 18.8 Å². The van der Waals surface area contributed by atoms with E-state index >= 15 is 0 Å². The van der Waals surface area contributed by atoms with E-state index < -0.39 is 0 Å². The van der Waals surface area contributed by atoms with E-state index in [4.69, 9.17) is 9.15 Å². The summed E-state index contributed by atoms with van der Waals surface area (Å²) in [7, 11) is 1.61. The predicted molar refractivity (Wildman–Crippen MR) is 101 cm³/mol. The van der Waals surface area contributed by atoms with Gasteiger partial charge in [0.05, 0.1) is 25.0 Å². The largest absolute Gasteiger partial charge is 0.496 e. The average Bonchev–Trinajstić information content (AvgIpc) is 3.21. The molecule has 1 N–H and O–H groups in total. The third-order valence-corrected chi connectivity index (χ3v) is 6.20. The second-order valence-electron chi connectivity index (χ2n) is 6.60. The fourth-order valence-electron chi connectivity index (χ4n) is 3.66. The zero-order valence-corrected chi connectivity index (χ0v) is 15.8. The van der Waals surface area contributed by atoms with E-state index in [1.807, 2.05) is 36.4 Å². The molecule has 4 rings (SSSR count). The Kier molecular flexibility index (Phi) is 4.92. The average molecular weight is 382 g/mol. The topological polar surface area (TPSA) is 70.9 Å². The number of nitriles is 1. The molecule has 0 saturated carbocycles. The highest BCUT2D eigenvalue weighted by Gasteiger charge is 2.40. The van der Waals surface area contributed by atoms with Gasteiger partial charge in [-0.1, -0.05) is 18.2 Å². The molecule has 3 heterocycles. The van der Waals surface area contributed by atoms with Gasteiger partial charge < -0.3 is 14.1 Å². The number of hydrogen-bond acceptors (Lipinski definition) is 5. The van der Waals surface area contributed by atoms with Crippen LogP contribution in [0.2, 0.25) is 0 Å². The highest BCUT2D eigenvalue weighted by Crippen LogP contribution is 2.43. The monoisotopic (exact) mass is 382 g/mol. The summed E-state index contributed by atoms with van der Waals surface area (Å²) in [6, 6.07) is 13.8. The van der Waals surface area contributed by atoms with Crippen molar-refractivity contribution in [3.8, 4) is 11.8 Å². The molecule has 0 bridgehead atoms. The van der Waals surface area contributed by atoms with Crippen LogP contribution in [0, 0.1) is 11.3 Å². The van der Waals surface area contributed by atoms with Gasteiger partial charge in [0.25, 0.3) is 0 Å². The third kappa shape index (κ3) is 3.34. The lowest BCUT2D eigenvalue weighted by atomic mass is 9.86. The molecule has 2 aliphatic rings. The molecule has 7 heteroatoms. The maximum absolute atomic E-state index is 12.9. The number of furan rings is 1. The number of thioether (sulfide) groups is 1. The van der Waals surface area contributed by atoms with Crippen LogP contribution in [0.4, 0.5) is 0 Å². The van der Waals surface area contributed by atoms with Crippen LogP contribution in [0.5, 0.6) is 5.75 Å². The Morgan fingerprint density at radius 2 is 2.22 bits per heavy atom. The van der Waals surface area contributed by atoms with E-state index in [-0.39, 0.29) is 18.2 Å². The number of carbonyl (C=O) groups excluding carboxylic acids is 1. The lowest BCUT2D eigenvalue weighted by Gasteiger charge is -2.38. The molecule has 1 aromatic heterocycles. The van der Waals surface area contributed by atoms with Gasteiger partial charge >= 0.3 is 0 Å². The van der Waals surface area contributed by atoms with E-state index in [1.54, 1.807) is 30.0 Å². The minimum Gasteiger partial charge on any atom is -0.496 e. The van der Waals surface area contributed by atoms with Crippen molar-refractivity contribution in [2.75, 3.05) is 19.7 Å². The zero-order valence-electron chi connectivity index (χ0n) is 15.0. The number of ether oxygens (including phenoxy) is 1. The number of allylic oxidation sites excluding steroid dienone is 1. The fraction of sp³-hybridized carbons (Fsp3) is 0.300. The van der Waals surface area contributed by atoms with Crippen LogP contribution in [0.1, 0.15) is 23.7 Å². The summed E-state index contributed by atoms with van der Waals surface area (Å²) in [5.41, 5.74) is 1.55. The van der Waals surface area contributed by atoms with Crippen LogP contribution in [-0.4, -0.2) is 30.5 Å². The highest BCUT2D eigenvalue weighted by atomic mass is 32.2. The first-order valence-electron chi connectivity index (χ1n) is 8.77. The standard InChI is InChI=1S/C20H19N3O3S/c1-25-18-7-3-2-6-15(18)16-9-19(24)23-12-22(11-14-5-4-8-26-14)13-27-20(23)17(16)10-21/h2-8,16H,9,11-13H2,1H3/p+1/t16-/m1/s1. The molecule has 0 spiro atoms. The molecule has 1 aromatic carbocycles. The van der Waals surface area contributed by atoms with Crippen molar-refractivity contribution in [2.45, 2.75) is 18.9 Å². The molecular formula is C20H20N3O3S+. The van der Waals surface area contributed by atoms with Gasteiger partial charge in [-0.05, 0) is 30.0 Å². The number of nitrogens with one attached hydrogen (secondary N) is 1. The molecule has 1 fully saturated rings. The molecule has 0 aliphatic carbocycles. The Hall–Kier alpha value is -2.69. The number of methoxy groups -OCH3 is 1. The summed E-state index contributed by atoms with van der Waals surface area (Å²) >= 11 is 1.57. The van der Waals surface area contributed by atoms with Gasteiger partial charge in [0.15, 0.2) is 12.4 Å².